The van der Waals surface area contributed by atoms with Crippen LogP contribution in [0, 0.1) is 0 Å². The van der Waals surface area contributed by atoms with Crippen molar-refractivity contribution in [2.24, 2.45) is 0 Å². The topological polar surface area (TPSA) is 72.7 Å². The molecule has 3 aromatic carbocycles. The van der Waals surface area contributed by atoms with Crippen LogP contribution in [0.3, 0.4) is 0 Å². The Balaban J connectivity index is 1.33. The van der Waals surface area contributed by atoms with Crippen LogP contribution in [0.4, 0.5) is 0 Å². The van der Waals surface area contributed by atoms with Gasteiger partial charge in [-0.1, -0.05) is 72.8 Å². The Morgan fingerprint density at radius 2 is 1.50 bits per heavy atom. The minimum Gasteiger partial charge on any atom is -0.356 e. The monoisotopic (exact) mass is 397 g/mol. The maximum Gasteiger partial charge on any atom is 0.224 e. The molecule has 1 heterocycles. The molecule has 0 unspecified atom stereocenters. The summed E-state index contributed by atoms with van der Waals surface area (Å²) in [5.74, 6) is 0.272. The minimum atomic E-state index is 0.0186. The minimum absolute atomic E-state index is 0.0186. The van der Waals surface area contributed by atoms with Crippen LogP contribution in [0.2, 0.25) is 0 Å². The van der Waals surface area contributed by atoms with Gasteiger partial charge in [-0.05, 0) is 45.7 Å². The van der Waals surface area contributed by atoms with Gasteiger partial charge in [-0.15, -0.1) is 5.10 Å². The second kappa shape index (κ2) is 9.60. The summed E-state index contributed by atoms with van der Waals surface area (Å²) in [5, 5.41) is 14.2. The van der Waals surface area contributed by atoms with Crippen LogP contribution in [0.15, 0.2) is 91.3 Å². The highest BCUT2D eigenvalue weighted by molar-refractivity contribution is 5.78. The second-order valence-electron chi connectivity index (χ2n) is 7.11. The predicted octanol–water partition coefficient (Wildman–Crippen LogP) is 3.54. The maximum atomic E-state index is 12.4. The summed E-state index contributed by atoms with van der Waals surface area (Å²) in [7, 11) is 0. The van der Waals surface area contributed by atoms with Crippen molar-refractivity contribution in [2.75, 3.05) is 6.54 Å². The van der Waals surface area contributed by atoms with E-state index < -0.39 is 0 Å². The Bertz CT molecular complexity index is 1010. The standard InChI is InChI=1S/C24H23N5O/c30-24(17-19-11-13-22(14-12-19)29-18-26-27-28-29)25-16-15-23(20-7-3-1-4-8-20)21-9-5-2-6-10-21/h1-14,18,23H,15-17H2,(H,25,30). The average molecular weight is 397 g/mol. The van der Waals surface area contributed by atoms with Crippen molar-refractivity contribution in [1.29, 1.82) is 0 Å². The molecule has 1 amide bonds. The SMILES string of the molecule is O=C(Cc1ccc(-n2cnnn2)cc1)NCCC(c1ccccc1)c1ccccc1. The first kappa shape index (κ1) is 19.5. The maximum absolute atomic E-state index is 12.4. The fourth-order valence-corrected chi connectivity index (χ4v) is 3.55. The Morgan fingerprint density at radius 3 is 2.07 bits per heavy atom. The van der Waals surface area contributed by atoms with Crippen LogP contribution in [0.5, 0.6) is 0 Å². The van der Waals surface area contributed by atoms with Gasteiger partial charge in [-0.3, -0.25) is 4.79 Å². The molecular formula is C24H23N5O. The van der Waals surface area contributed by atoms with Crippen LogP contribution >= 0.6 is 0 Å². The predicted molar refractivity (Wildman–Crippen MR) is 115 cm³/mol. The lowest BCUT2D eigenvalue weighted by Crippen LogP contribution is -2.27. The third-order valence-corrected chi connectivity index (χ3v) is 5.07. The molecule has 6 heteroatoms. The Kier molecular flexibility index (Phi) is 6.25. The number of benzene rings is 3. The van der Waals surface area contributed by atoms with Gasteiger partial charge in [-0.25, -0.2) is 4.68 Å². The summed E-state index contributed by atoms with van der Waals surface area (Å²) >= 11 is 0. The molecule has 150 valence electrons. The summed E-state index contributed by atoms with van der Waals surface area (Å²) in [6.07, 6.45) is 2.73. The van der Waals surface area contributed by atoms with E-state index in [1.165, 1.54) is 17.5 Å². The highest BCUT2D eigenvalue weighted by Gasteiger charge is 2.14. The lowest BCUT2D eigenvalue weighted by atomic mass is 9.88. The molecule has 0 aliphatic heterocycles. The smallest absolute Gasteiger partial charge is 0.224 e. The number of hydrogen-bond acceptors (Lipinski definition) is 4. The Morgan fingerprint density at radius 1 is 0.867 bits per heavy atom. The molecule has 0 aliphatic carbocycles. The first-order valence-electron chi connectivity index (χ1n) is 9.98. The molecule has 1 aromatic heterocycles. The van der Waals surface area contributed by atoms with Gasteiger partial charge in [-0.2, -0.15) is 0 Å². The molecule has 0 saturated heterocycles. The number of rotatable bonds is 8. The van der Waals surface area contributed by atoms with Gasteiger partial charge < -0.3 is 5.32 Å². The van der Waals surface area contributed by atoms with E-state index in [0.717, 1.165) is 17.7 Å². The number of nitrogens with one attached hydrogen (secondary N) is 1. The number of nitrogens with zero attached hydrogens (tertiary/aromatic N) is 4. The Labute approximate surface area is 175 Å². The van der Waals surface area contributed by atoms with Crippen LogP contribution < -0.4 is 5.32 Å². The zero-order valence-electron chi connectivity index (χ0n) is 16.6. The van der Waals surface area contributed by atoms with E-state index in [0.29, 0.717) is 13.0 Å². The lowest BCUT2D eigenvalue weighted by Gasteiger charge is -2.18. The third-order valence-electron chi connectivity index (χ3n) is 5.07. The van der Waals surface area contributed by atoms with Crippen LogP contribution in [-0.2, 0) is 11.2 Å². The van der Waals surface area contributed by atoms with Gasteiger partial charge in [0.25, 0.3) is 0 Å². The van der Waals surface area contributed by atoms with Crippen molar-refractivity contribution in [3.05, 3.63) is 108 Å². The molecular weight excluding hydrogens is 374 g/mol. The summed E-state index contributed by atoms with van der Waals surface area (Å²) < 4.78 is 1.58. The van der Waals surface area contributed by atoms with Gasteiger partial charge in [0.05, 0.1) is 12.1 Å². The number of aromatic nitrogens is 4. The number of carbonyl (C=O) groups is 1. The van der Waals surface area contributed by atoms with E-state index >= 15 is 0 Å². The van der Waals surface area contributed by atoms with E-state index in [1.54, 1.807) is 4.68 Å². The van der Waals surface area contributed by atoms with E-state index in [2.05, 4.69) is 69.4 Å². The van der Waals surface area contributed by atoms with E-state index in [1.807, 2.05) is 36.4 Å². The van der Waals surface area contributed by atoms with Gasteiger partial charge in [0.1, 0.15) is 6.33 Å². The van der Waals surface area contributed by atoms with Crippen molar-refractivity contribution >= 4 is 5.91 Å². The molecule has 4 aromatic rings. The van der Waals surface area contributed by atoms with Crippen LogP contribution in [0.1, 0.15) is 29.0 Å². The summed E-state index contributed by atoms with van der Waals surface area (Å²) in [6, 6.07) is 28.5. The van der Waals surface area contributed by atoms with Gasteiger partial charge >= 0.3 is 0 Å². The molecule has 0 atom stereocenters. The molecule has 4 rings (SSSR count). The number of hydrogen-bond donors (Lipinski definition) is 1. The zero-order chi connectivity index (χ0) is 20.6. The molecule has 30 heavy (non-hydrogen) atoms. The highest BCUT2D eigenvalue weighted by atomic mass is 16.1. The molecule has 6 nitrogen and oxygen atoms in total. The molecule has 0 radical (unpaired) electrons. The normalized spacial score (nSPS) is 10.8. The van der Waals surface area contributed by atoms with E-state index in [4.69, 9.17) is 0 Å². The summed E-state index contributed by atoms with van der Waals surface area (Å²) in [5.41, 5.74) is 4.33. The van der Waals surface area contributed by atoms with Crippen LogP contribution in [-0.4, -0.2) is 32.7 Å². The lowest BCUT2D eigenvalue weighted by molar-refractivity contribution is -0.120. The van der Waals surface area contributed by atoms with E-state index in [-0.39, 0.29) is 11.8 Å². The van der Waals surface area contributed by atoms with Gasteiger partial charge in [0.15, 0.2) is 0 Å². The highest BCUT2D eigenvalue weighted by Crippen LogP contribution is 2.27. The fraction of sp³-hybridized carbons (Fsp3) is 0.167. The van der Waals surface area contributed by atoms with Crippen LogP contribution in [0.25, 0.3) is 5.69 Å². The zero-order valence-corrected chi connectivity index (χ0v) is 16.6. The fourth-order valence-electron chi connectivity index (χ4n) is 3.55. The molecule has 0 fully saturated rings. The molecule has 0 saturated carbocycles. The van der Waals surface area contributed by atoms with Gasteiger partial charge in [0.2, 0.25) is 5.91 Å². The first-order chi connectivity index (χ1) is 14.8. The summed E-state index contributed by atoms with van der Waals surface area (Å²) in [6.45, 7) is 0.621. The van der Waals surface area contributed by atoms with Crippen molar-refractivity contribution in [1.82, 2.24) is 25.5 Å². The molecule has 0 aliphatic rings. The second-order valence-corrected chi connectivity index (χ2v) is 7.11. The largest absolute Gasteiger partial charge is 0.356 e. The van der Waals surface area contributed by atoms with Crippen molar-refractivity contribution in [3.63, 3.8) is 0 Å². The molecule has 1 N–H and O–H groups in total. The quantitative estimate of drug-likeness (QED) is 0.494. The third kappa shape index (κ3) is 4.97. The van der Waals surface area contributed by atoms with Crippen molar-refractivity contribution in [3.8, 4) is 5.69 Å². The summed E-state index contributed by atoms with van der Waals surface area (Å²) in [4.78, 5) is 12.4. The number of amides is 1. The van der Waals surface area contributed by atoms with Gasteiger partial charge in [0, 0.05) is 12.5 Å². The Hall–Kier alpha value is -3.80. The first-order valence-corrected chi connectivity index (χ1v) is 9.98. The number of tetrazole rings is 1. The molecule has 0 spiro atoms. The number of carbonyl (C=O) groups excluding carboxylic acids is 1. The average Bonchev–Trinajstić information content (AvgIpc) is 3.33. The molecule has 0 bridgehead atoms. The van der Waals surface area contributed by atoms with Crippen molar-refractivity contribution < 1.29 is 4.79 Å². The van der Waals surface area contributed by atoms with E-state index in [9.17, 15) is 4.79 Å². The van der Waals surface area contributed by atoms with Crippen molar-refractivity contribution in [2.45, 2.75) is 18.8 Å².